The van der Waals surface area contributed by atoms with Gasteiger partial charge in [0.15, 0.2) is 0 Å². The molecule has 0 spiro atoms. The van der Waals surface area contributed by atoms with E-state index in [9.17, 15) is 8.42 Å². The fourth-order valence-electron chi connectivity index (χ4n) is 1.19. The standard InChI is InChI=1S/C8H13ClN2O3S/c1-7-8(6-15(9,12)13)5-11(10-7)3-4-14-2/h5H,3-4,6H2,1-2H3. The highest BCUT2D eigenvalue weighted by atomic mass is 35.7. The van der Waals surface area contributed by atoms with Crippen LogP contribution in [0.15, 0.2) is 6.20 Å². The molecule has 5 nitrogen and oxygen atoms in total. The van der Waals surface area contributed by atoms with Crippen LogP contribution in [0.1, 0.15) is 11.3 Å². The minimum absolute atomic E-state index is 0.187. The molecule has 0 fully saturated rings. The summed E-state index contributed by atoms with van der Waals surface area (Å²) >= 11 is 0. The summed E-state index contributed by atoms with van der Waals surface area (Å²) in [4.78, 5) is 0. The summed E-state index contributed by atoms with van der Waals surface area (Å²) in [7, 11) is 3.24. The van der Waals surface area contributed by atoms with Gasteiger partial charge in [-0.25, -0.2) is 8.42 Å². The highest BCUT2D eigenvalue weighted by molar-refractivity contribution is 8.13. The van der Waals surface area contributed by atoms with Crippen molar-refractivity contribution in [2.45, 2.75) is 19.2 Å². The summed E-state index contributed by atoms with van der Waals surface area (Å²) in [6.07, 6.45) is 1.67. The number of methoxy groups -OCH3 is 1. The topological polar surface area (TPSA) is 61.2 Å². The van der Waals surface area contributed by atoms with Gasteiger partial charge in [-0.15, -0.1) is 0 Å². The van der Waals surface area contributed by atoms with Crippen molar-refractivity contribution < 1.29 is 13.2 Å². The van der Waals surface area contributed by atoms with E-state index in [4.69, 9.17) is 15.4 Å². The lowest BCUT2D eigenvalue weighted by molar-refractivity contribution is 0.183. The van der Waals surface area contributed by atoms with Gasteiger partial charge in [-0.1, -0.05) is 0 Å². The quantitative estimate of drug-likeness (QED) is 0.731. The minimum Gasteiger partial charge on any atom is -0.383 e. The van der Waals surface area contributed by atoms with Crippen LogP contribution in [0.3, 0.4) is 0 Å². The normalized spacial score (nSPS) is 11.9. The van der Waals surface area contributed by atoms with E-state index in [2.05, 4.69) is 5.10 Å². The second kappa shape index (κ2) is 4.96. The van der Waals surface area contributed by atoms with E-state index in [1.165, 1.54) is 0 Å². The Morgan fingerprint density at radius 3 is 2.80 bits per heavy atom. The van der Waals surface area contributed by atoms with Gasteiger partial charge in [0, 0.05) is 29.6 Å². The first-order valence-corrected chi connectivity index (χ1v) is 6.84. The molecule has 1 heterocycles. The maximum atomic E-state index is 10.9. The summed E-state index contributed by atoms with van der Waals surface area (Å²) < 4.78 is 28.3. The Morgan fingerprint density at radius 2 is 2.27 bits per heavy atom. The molecule has 0 bridgehead atoms. The van der Waals surface area contributed by atoms with Crippen molar-refractivity contribution in [3.63, 3.8) is 0 Å². The average Bonchev–Trinajstić information content (AvgIpc) is 2.41. The lowest BCUT2D eigenvalue weighted by atomic mass is 10.3. The van der Waals surface area contributed by atoms with Gasteiger partial charge in [0.1, 0.15) is 0 Å². The third kappa shape index (κ3) is 4.19. The molecule has 0 saturated heterocycles. The first-order chi connectivity index (χ1) is 6.92. The zero-order chi connectivity index (χ0) is 11.5. The van der Waals surface area contributed by atoms with Crippen LogP contribution in [0, 0.1) is 6.92 Å². The lowest BCUT2D eigenvalue weighted by Gasteiger charge is -1.98. The number of aromatic nitrogens is 2. The predicted octanol–water partition coefficient (Wildman–Crippen LogP) is 0.907. The van der Waals surface area contributed by atoms with Crippen LogP contribution in [0.2, 0.25) is 0 Å². The first-order valence-electron chi connectivity index (χ1n) is 4.36. The van der Waals surface area contributed by atoms with Crippen LogP contribution >= 0.6 is 10.7 Å². The molecule has 1 rings (SSSR count). The fourth-order valence-corrected chi connectivity index (χ4v) is 2.19. The van der Waals surface area contributed by atoms with Crippen LogP contribution in [0.4, 0.5) is 0 Å². The zero-order valence-electron chi connectivity index (χ0n) is 8.60. The van der Waals surface area contributed by atoms with Crippen molar-refractivity contribution in [2.75, 3.05) is 13.7 Å². The lowest BCUT2D eigenvalue weighted by Crippen LogP contribution is -2.04. The molecule has 15 heavy (non-hydrogen) atoms. The summed E-state index contributed by atoms with van der Waals surface area (Å²) in [6, 6.07) is 0. The van der Waals surface area contributed by atoms with E-state index >= 15 is 0 Å². The summed E-state index contributed by atoms with van der Waals surface area (Å²) in [5.74, 6) is -0.187. The van der Waals surface area contributed by atoms with Gasteiger partial charge in [-0.2, -0.15) is 5.10 Å². The molecular weight excluding hydrogens is 240 g/mol. The largest absolute Gasteiger partial charge is 0.383 e. The molecule has 1 aromatic rings. The van der Waals surface area contributed by atoms with E-state index < -0.39 is 9.05 Å². The molecule has 0 saturated carbocycles. The van der Waals surface area contributed by atoms with Gasteiger partial charge in [-0.05, 0) is 6.92 Å². The second-order valence-corrected chi connectivity index (χ2v) is 5.96. The van der Waals surface area contributed by atoms with Gasteiger partial charge >= 0.3 is 0 Å². The first kappa shape index (κ1) is 12.5. The molecule has 0 unspecified atom stereocenters. The number of aryl methyl sites for hydroxylation is 1. The Bertz CT molecular complexity index is 427. The second-order valence-electron chi connectivity index (χ2n) is 3.18. The highest BCUT2D eigenvalue weighted by Gasteiger charge is 2.12. The van der Waals surface area contributed by atoms with E-state index in [0.29, 0.717) is 24.4 Å². The molecule has 0 aliphatic carbocycles. The third-order valence-electron chi connectivity index (χ3n) is 1.90. The van der Waals surface area contributed by atoms with E-state index in [1.54, 1.807) is 24.9 Å². The molecule has 0 N–H and O–H groups in total. The summed E-state index contributed by atoms with van der Waals surface area (Å²) in [5.41, 5.74) is 1.30. The SMILES string of the molecule is COCCn1cc(CS(=O)(=O)Cl)c(C)n1. The molecule has 0 amide bonds. The molecule has 0 aliphatic rings. The van der Waals surface area contributed by atoms with Crippen LogP contribution in [-0.4, -0.2) is 31.9 Å². The Hall–Kier alpha value is -0.590. The van der Waals surface area contributed by atoms with E-state index in [1.807, 2.05) is 0 Å². The van der Waals surface area contributed by atoms with Crippen molar-refractivity contribution >= 4 is 19.7 Å². The van der Waals surface area contributed by atoms with Crippen molar-refractivity contribution in [1.29, 1.82) is 0 Å². The predicted molar refractivity (Wildman–Crippen MR) is 57.3 cm³/mol. The summed E-state index contributed by atoms with van der Waals surface area (Å²) in [6.45, 7) is 2.88. The Balaban J connectivity index is 2.77. The molecule has 0 aromatic carbocycles. The molecule has 1 aromatic heterocycles. The smallest absolute Gasteiger partial charge is 0.236 e. The Kier molecular flexibility index (Phi) is 4.12. The zero-order valence-corrected chi connectivity index (χ0v) is 10.2. The van der Waals surface area contributed by atoms with Gasteiger partial charge < -0.3 is 4.74 Å². The maximum Gasteiger partial charge on any atom is 0.236 e. The number of hydrogen-bond acceptors (Lipinski definition) is 4. The van der Waals surface area contributed by atoms with Crippen LogP contribution in [0.5, 0.6) is 0 Å². The Morgan fingerprint density at radius 1 is 1.60 bits per heavy atom. The van der Waals surface area contributed by atoms with Crippen molar-refractivity contribution in [1.82, 2.24) is 9.78 Å². The monoisotopic (exact) mass is 252 g/mol. The van der Waals surface area contributed by atoms with Gasteiger partial charge in [0.05, 0.1) is 24.6 Å². The molecule has 0 atom stereocenters. The van der Waals surface area contributed by atoms with Gasteiger partial charge in [-0.3, -0.25) is 4.68 Å². The number of nitrogens with zero attached hydrogens (tertiary/aromatic N) is 2. The minimum atomic E-state index is -3.52. The molecular formula is C8H13ClN2O3S. The number of hydrogen-bond donors (Lipinski definition) is 0. The highest BCUT2D eigenvalue weighted by Crippen LogP contribution is 2.12. The number of rotatable bonds is 5. The maximum absolute atomic E-state index is 10.9. The van der Waals surface area contributed by atoms with E-state index in [0.717, 1.165) is 0 Å². The summed E-state index contributed by atoms with van der Waals surface area (Å²) in [5, 5.41) is 4.15. The van der Waals surface area contributed by atoms with Crippen molar-refractivity contribution in [3.05, 3.63) is 17.5 Å². The van der Waals surface area contributed by atoms with Crippen molar-refractivity contribution in [2.24, 2.45) is 0 Å². The molecule has 0 aliphatic heterocycles. The van der Waals surface area contributed by atoms with Gasteiger partial charge in [0.25, 0.3) is 0 Å². The average molecular weight is 253 g/mol. The Labute approximate surface area is 93.4 Å². The van der Waals surface area contributed by atoms with Crippen LogP contribution in [0.25, 0.3) is 0 Å². The molecule has 0 radical (unpaired) electrons. The van der Waals surface area contributed by atoms with Crippen LogP contribution in [-0.2, 0) is 26.1 Å². The van der Waals surface area contributed by atoms with Crippen molar-refractivity contribution in [3.8, 4) is 0 Å². The number of halogens is 1. The molecule has 86 valence electrons. The van der Waals surface area contributed by atoms with Crippen LogP contribution < -0.4 is 0 Å². The third-order valence-corrected chi connectivity index (χ3v) is 2.88. The molecule has 7 heteroatoms. The van der Waals surface area contributed by atoms with E-state index in [-0.39, 0.29) is 5.75 Å². The number of ether oxygens (including phenoxy) is 1. The van der Waals surface area contributed by atoms with Gasteiger partial charge in [0.2, 0.25) is 9.05 Å². The fraction of sp³-hybridized carbons (Fsp3) is 0.625.